The van der Waals surface area contributed by atoms with Crippen LogP contribution < -0.4 is 21.8 Å². The molecule has 118 valence electrons. The summed E-state index contributed by atoms with van der Waals surface area (Å²) in [7, 11) is 1.71. The van der Waals surface area contributed by atoms with Crippen molar-refractivity contribution in [3.05, 3.63) is 51.3 Å². The van der Waals surface area contributed by atoms with E-state index in [9.17, 15) is 9.59 Å². The van der Waals surface area contributed by atoms with Crippen LogP contribution in [0.1, 0.15) is 6.92 Å². The summed E-state index contributed by atoms with van der Waals surface area (Å²) in [5.74, 6) is 1.23. The molecule has 3 heterocycles. The number of H-pyrrole nitrogens is 1. The van der Waals surface area contributed by atoms with E-state index >= 15 is 0 Å². The van der Waals surface area contributed by atoms with E-state index in [1.165, 1.54) is 12.3 Å². The van der Waals surface area contributed by atoms with E-state index in [1.807, 2.05) is 13.0 Å². The Labute approximate surface area is 131 Å². The Morgan fingerprint density at radius 3 is 2.83 bits per heavy atom. The van der Waals surface area contributed by atoms with Gasteiger partial charge in [-0.25, -0.2) is 9.97 Å². The zero-order valence-corrected chi connectivity index (χ0v) is 12.8. The van der Waals surface area contributed by atoms with Gasteiger partial charge in [0.05, 0.1) is 5.39 Å². The van der Waals surface area contributed by atoms with E-state index < -0.39 is 0 Å². The molecule has 0 atom stereocenters. The molecular formula is C15H16N6O2. The van der Waals surface area contributed by atoms with Crippen LogP contribution in [-0.2, 0) is 6.54 Å². The van der Waals surface area contributed by atoms with Crippen LogP contribution in [0.25, 0.3) is 10.8 Å². The third-order valence-electron chi connectivity index (χ3n) is 3.45. The van der Waals surface area contributed by atoms with Gasteiger partial charge in [0.1, 0.15) is 11.6 Å². The van der Waals surface area contributed by atoms with Gasteiger partial charge < -0.3 is 15.2 Å². The molecule has 0 unspecified atom stereocenters. The fourth-order valence-corrected chi connectivity index (χ4v) is 2.35. The van der Waals surface area contributed by atoms with Gasteiger partial charge in [-0.1, -0.05) is 0 Å². The first kappa shape index (κ1) is 14.8. The van der Waals surface area contributed by atoms with E-state index in [4.69, 9.17) is 0 Å². The van der Waals surface area contributed by atoms with Gasteiger partial charge in [0, 0.05) is 32.1 Å². The smallest absolute Gasteiger partial charge is 0.262 e. The molecule has 3 N–H and O–H groups in total. The number of anilines is 3. The van der Waals surface area contributed by atoms with Crippen LogP contribution in [0.5, 0.6) is 0 Å². The third-order valence-corrected chi connectivity index (χ3v) is 3.45. The first-order chi connectivity index (χ1) is 11.1. The Balaban J connectivity index is 2.13. The lowest BCUT2D eigenvalue weighted by molar-refractivity contribution is 0.734. The molecule has 0 radical (unpaired) electrons. The maximum atomic E-state index is 12.5. The molecule has 8 heteroatoms. The Bertz CT molecular complexity index is 976. The standard InChI is InChI=1S/C15H16N6O2/c1-3-21-7-5-9-8-10(18-13(16-2)12(9)14(21)23)19-15-17-6-4-11(22)20-15/h4-8H,3H2,1-2H3,(H3,16,17,18,19,20,22). The zero-order chi connectivity index (χ0) is 16.4. The largest absolute Gasteiger partial charge is 0.372 e. The Hall–Kier alpha value is -3.16. The van der Waals surface area contributed by atoms with Crippen molar-refractivity contribution in [2.24, 2.45) is 0 Å². The minimum Gasteiger partial charge on any atom is -0.372 e. The van der Waals surface area contributed by atoms with Gasteiger partial charge in [0.25, 0.3) is 11.1 Å². The first-order valence-corrected chi connectivity index (χ1v) is 7.16. The van der Waals surface area contributed by atoms with Crippen molar-refractivity contribution in [1.29, 1.82) is 0 Å². The molecule has 0 bridgehead atoms. The lowest BCUT2D eigenvalue weighted by atomic mass is 10.2. The molecule has 0 aliphatic rings. The lowest BCUT2D eigenvalue weighted by Gasteiger charge is -2.11. The van der Waals surface area contributed by atoms with E-state index in [1.54, 1.807) is 23.9 Å². The number of nitrogens with one attached hydrogen (secondary N) is 3. The number of fused-ring (bicyclic) bond motifs is 1. The molecule has 23 heavy (non-hydrogen) atoms. The van der Waals surface area contributed by atoms with Gasteiger partial charge in [-0.05, 0) is 24.4 Å². The highest BCUT2D eigenvalue weighted by Gasteiger charge is 2.11. The highest BCUT2D eigenvalue weighted by atomic mass is 16.1. The topological polar surface area (TPSA) is 105 Å². The van der Waals surface area contributed by atoms with Crippen molar-refractivity contribution >= 4 is 28.4 Å². The second kappa shape index (κ2) is 5.91. The lowest BCUT2D eigenvalue weighted by Crippen LogP contribution is -2.20. The number of nitrogens with zero attached hydrogens (tertiary/aromatic N) is 3. The molecule has 0 aromatic carbocycles. The summed E-state index contributed by atoms with van der Waals surface area (Å²) < 4.78 is 1.62. The number of hydrogen-bond donors (Lipinski definition) is 3. The summed E-state index contributed by atoms with van der Waals surface area (Å²) in [4.78, 5) is 34.7. The van der Waals surface area contributed by atoms with Gasteiger partial charge in [-0.3, -0.25) is 14.6 Å². The predicted molar refractivity (Wildman–Crippen MR) is 89.4 cm³/mol. The average Bonchev–Trinajstić information content (AvgIpc) is 2.54. The second-order valence-corrected chi connectivity index (χ2v) is 4.88. The van der Waals surface area contributed by atoms with Gasteiger partial charge in [-0.2, -0.15) is 0 Å². The van der Waals surface area contributed by atoms with Crippen molar-refractivity contribution in [2.75, 3.05) is 17.7 Å². The van der Waals surface area contributed by atoms with Crippen molar-refractivity contribution in [2.45, 2.75) is 13.5 Å². The van der Waals surface area contributed by atoms with Gasteiger partial charge in [-0.15, -0.1) is 0 Å². The third kappa shape index (κ3) is 2.78. The van der Waals surface area contributed by atoms with Crippen molar-refractivity contribution < 1.29 is 0 Å². The SMILES string of the molecule is CCn1ccc2cc(Nc3nccc(=O)[nH]3)nc(NC)c2c1=O. The highest BCUT2D eigenvalue weighted by Crippen LogP contribution is 2.22. The van der Waals surface area contributed by atoms with Crippen molar-refractivity contribution in [1.82, 2.24) is 19.5 Å². The molecule has 0 spiro atoms. The molecule has 0 saturated heterocycles. The predicted octanol–water partition coefficient (Wildman–Crippen LogP) is 1.28. The van der Waals surface area contributed by atoms with E-state index in [2.05, 4.69) is 25.6 Å². The molecule has 0 amide bonds. The Morgan fingerprint density at radius 2 is 2.13 bits per heavy atom. The molecule has 8 nitrogen and oxygen atoms in total. The summed E-state index contributed by atoms with van der Waals surface area (Å²) in [5, 5.41) is 7.15. The summed E-state index contributed by atoms with van der Waals surface area (Å²) in [6, 6.07) is 4.92. The normalized spacial score (nSPS) is 10.7. The number of pyridine rings is 2. The van der Waals surface area contributed by atoms with E-state index in [-0.39, 0.29) is 17.1 Å². The summed E-state index contributed by atoms with van der Waals surface area (Å²) in [5.41, 5.74) is -0.359. The van der Waals surface area contributed by atoms with Crippen molar-refractivity contribution in [3.63, 3.8) is 0 Å². The molecular weight excluding hydrogens is 296 g/mol. The molecule has 3 aromatic rings. The Morgan fingerprint density at radius 1 is 1.30 bits per heavy atom. The van der Waals surface area contributed by atoms with Gasteiger partial charge in [0.2, 0.25) is 5.95 Å². The number of aryl methyl sites for hydroxylation is 1. The molecule has 0 aliphatic carbocycles. The zero-order valence-electron chi connectivity index (χ0n) is 12.8. The summed E-state index contributed by atoms with van der Waals surface area (Å²) in [6.45, 7) is 2.50. The minimum absolute atomic E-state index is 0.0976. The number of aromatic nitrogens is 4. The van der Waals surface area contributed by atoms with Crippen LogP contribution in [0.4, 0.5) is 17.6 Å². The monoisotopic (exact) mass is 312 g/mol. The molecule has 0 aliphatic heterocycles. The van der Waals surface area contributed by atoms with E-state index in [0.717, 1.165) is 5.39 Å². The average molecular weight is 312 g/mol. The molecule has 3 rings (SSSR count). The maximum absolute atomic E-state index is 12.5. The summed E-state index contributed by atoms with van der Waals surface area (Å²) >= 11 is 0. The van der Waals surface area contributed by atoms with Crippen LogP contribution in [0.15, 0.2) is 40.2 Å². The number of rotatable bonds is 4. The quantitative estimate of drug-likeness (QED) is 0.670. The van der Waals surface area contributed by atoms with Gasteiger partial charge >= 0.3 is 0 Å². The molecule has 3 aromatic heterocycles. The number of aromatic amines is 1. The first-order valence-electron chi connectivity index (χ1n) is 7.16. The number of hydrogen-bond acceptors (Lipinski definition) is 6. The van der Waals surface area contributed by atoms with Crippen LogP contribution in [0.2, 0.25) is 0 Å². The van der Waals surface area contributed by atoms with Gasteiger partial charge in [0.15, 0.2) is 0 Å². The molecule has 0 fully saturated rings. The fourth-order valence-electron chi connectivity index (χ4n) is 2.35. The maximum Gasteiger partial charge on any atom is 0.262 e. The van der Waals surface area contributed by atoms with Crippen LogP contribution >= 0.6 is 0 Å². The Kier molecular flexibility index (Phi) is 3.80. The van der Waals surface area contributed by atoms with E-state index in [0.29, 0.717) is 23.6 Å². The van der Waals surface area contributed by atoms with Crippen molar-refractivity contribution in [3.8, 4) is 0 Å². The van der Waals surface area contributed by atoms with Crippen LogP contribution in [0.3, 0.4) is 0 Å². The second-order valence-electron chi connectivity index (χ2n) is 4.88. The molecule has 0 saturated carbocycles. The van der Waals surface area contributed by atoms with Crippen LogP contribution in [-0.4, -0.2) is 26.6 Å². The summed E-state index contributed by atoms with van der Waals surface area (Å²) in [6.07, 6.45) is 3.15. The minimum atomic E-state index is -0.261. The fraction of sp³-hybridized carbons (Fsp3) is 0.200. The van der Waals surface area contributed by atoms with Crippen LogP contribution in [0, 0.1) is 0 Å². The highest BCUT2D eigenvalue weighted by molar-refractivity contribution is 5.93.